The van der Waals surface area contributed by atoms with E-state index in [0.29, 0.717) is 13.2 Å². The Morgan fingerprint density at radius 1 is 0.425 bits per heavy atom. The SMILES string of the molecule is CCCCCCCCOC(=O)CC(CCCCCCCC)(CCCCCCCC)C(=O)OCCCCCCCC. The summed E-state index contributed by atoms with van der Waals surface area (Å²) >= 11 is 0. The Kier molecular flexibility index (Phi) is 28.7. The zero-order valence-electron chi connectivity index (χ0n) is 27.6. The van der Waals surface area contributed by atoms with E-state index in [1.807, 2.05) is 0 Å². The van der Waals surface area contributed by atoms with Crippen molar-refractivity contribution in [1.29, 1.82) is 0 Å². The number of unbranched alkanes of at least 4 members (excludes halogenated alkanes) is 20. The van der Waals surface area contributed by atoms with Gasteiger partial charge in [0, 0.05) is 0 Å². The quantitative estimate of drug-likeness (QED) is 0.0618. The predicted octanol–water partition coefficient (Wildman–Crippen LogP) is 11.7. The molecule has 0 aliphatic rings. The van der Waals surface area contributed by atoms with Gasteiger partial charge in [0.05, 0.1) is 25.0 Å². The molecule has 0 aromatic rings. The maximum absolute atomic E-state index is 13.7. The van der Waals surface area contributed by atoms with Crippen molar-refractivity contribution in [2.45, 2.75) is 201 Å². The molecule has 0 aromatic carbocycles. The van der Waals surface area contributed by atoms with Crippen LogP contribution in [0, 0.1) is 5.41 Å². The van der Waals surface area contributed by atoms with Crippen LogP contribution in [0.25, 0.3) is 0 Å². The highest BCUT2D eigenvalue weighted by Gasteiger charge is 2.41. The number of esters is 2. The van der Waals surface area contributed by atoms with Crippen LogP contribution < -0.4 is 0 Å². The van der Waals surface area contributed by atoms with Gasteiger partial charge in [-0.25, -0.2) is 0 Å². The highest BCUT2D eigenvalue weighted by atomic mass is 16.5. The van der Waals surface area contributed by atoms with Crippen LogP contribution in [0.3, 0.4) is 0 Å². The monoisotopic (exact) mass is 567 g/mol. The van der Waals surface area contributed by atoms with E-state index in [-0.39, 0.29) is 18.4 Å². The van der Waals surface area contributed by atoms with Gasteiger partial charge in [-0.1, -0.05) is 169 Å². The summed E-state index contributed by atoms with van der Waals surface area (Å²) in [4.78, 5) is 26.8. The molecule has 0 fully saturated rings. The molecule has 0 radical (unpaired) electrons. The third-order valence-corrected chi connectivity index (χ3v) is 8.43. The van der Waals surface area contributed by atoms with Gasteiger partial charge in [-0.05, 0) is 25.7 Å². The van der Waals surface area contributed by atoms with E-state index in [2.05, 4.69) is 27.7 Å². The molecule has 0 rings (SSSR count). The lowest BCUT2D eigenvalue weighted by atomic mass is 9.75. The van der Waals surface area contributed by atoms with Crippen LogP contribution in [0.2, 0.25) is 0 Å². The molecule has 0 amide bonds. The topological polar surface area (TPSA) is 52.6 Å². The standard InChI is InChI=1S/C36H70O4/c1-5-9-13-17-21-25-29-36(30-26-22-18-14-10-6-2,35(38)40-32-28-24-20-16-12-8-4)33-34(37)39-31-27-23-19-15-11-7-3/h5-33H2,1-4H3. The van der Waals surface area contributed by atoms with Gasteiger partial charge in [0.25, 0.3) is 0 Å². The van der Waals surface area contributed by atoms with Crippen molar-refractivity contribution in [2.75, 3.05) is 13.2 Å². The smallest absolute Gasteiger partial charge is 0.312 e. The lowest BCUT2D eigenvalue weighted by molar-refractivity contribution is -0.164. The summed E-state index contributed by atoms with van der Waals surface area (Å²) in [6.07, 6.45) is 29.8. The Bertz CT molecular complexity index is 543. The molecular formula is C36H70O4. The number of ether oxygens (including phenoxy) is 2. The largest absolute Gasteiger partial charge is 0.466 e. The van der Waals surface area contributed by atoms with E-state index in [9.17, 15) is 9.59 Å². The summed E-state index contributed by atoms with van der Waals surface area (Å²) < 4.78 is 11.6. The Morgan fingerprint density at radius 2 is 0.750 bits per heavy atom. The van der Waals surface area contributed by atoms with E-state index in [0.717, 1.165) is 64.2 Å². The molecule has 0 N–H and O–H groups in total. The first kappa shape index (κ1) is 38.9. The second kappa shape index (κ2) is 29.4. The molecule has 4 nitrogen and oxygen atoms in total. The fourth-order valence-electron chi connectivity index (χ4n) is 5.66. The van der Waals surface area contributed by atoms with Crippen molar-refractivity contribution in [1.82, 2.24) is 0 Å². The number of hydrogen-bond donors (Lipinski definition) is 0. The number of hydrogen-bond acceptors (Lipinski definition) is 4. The molecule has 0 bridgehead atoms. The molecule has 0 unspecified atom stereocenters. The third-order valence-electron chi connectivity index (χ3n) is 8.43. The van der Waals surface area contributed by atoms with Crippen LogP contribution in [-0.4, -0.2) is 25.2 Å². The zero-order chi connectivity index (χ0) is 29.6. The van der Waals surface area contributed by atoms with Crippen LogP contribution in [0.1, 0.15) is 201 Å². The fourth-order valence-corrected chi connectivity index (χ4v) is 5.66. The normalized spacial score (nSPS) is 11.6. The Hall–Kier alpha value is -1.06. The van der Waals surface area contributed by atoms with Crippen molar-refractivity contribution < 1.29 is 19.1 Å². The lowest BCUT2D eigenvalue weighted by Gasteiger charge is -2.31. The maximum atomic E-state index is 13.7. The summed E-state index contributed by atoms with van der Waals surface area (Å²) in [5.74, 6) is -0.346. The van der Waals surface area contributed by atoms with Gasteiger partial charge >= 0.3 is 11.9 Å². The molecule has 4 heteroatoms. The van der Waals surface area contributed by atoms with Crippen molar-refractivity contribution in [3.8, 4) is 0 Å². The van der Waals surface area contributed by atoms with Crippen molar-refractivity contribution in [2.24, 2.45) is 5.41 Å². The van der Waals surface area contributed by atoms with Gasteiger partial charge in [-0.2, -0.15) is 0 Å². The Balaban J connectivity index is 5.16. The van der Waals surface area contributed by atoms with E-state index < -0.39 is 5.41 Å². The molecular weight excluding hydrogens is 496 g/mol. The predicted molar refractivity (Wildman–Crippen MR) is 172 cm³/mol. The second-order valence-electron chi connectivity index (χ2n) is 12.4. The minimum atomic E-state index is -0.726. The first-order valence-corrected chi connectivity index (χ1v) is 17.9. The first-order chi connectivity index (χ1) is 19.6. The van der Waals surface area contributed by atoms with Gasteiger partial charge < -0.3 is 9.47 Å². The van der Waals surface area contributed by atoms with Gasteiger partial charge in [-0.15, -0.1) is 0 Å². The average Bonchev–Trinajstić information content (AvgIpc) is 2.95. The minimum absolute atomic E-state index is 0.139. The lowest BCUT2D eigenvalue weighted by Crippen LogP contribution is -2.36. The summed E-state index contributed by atoms with van der Waals surface area (Å²) in [6, 6.07) is 0. The van der Waals surface area contributed by atoms with Crippen LogP contribution in [0.4, 0.5) is 0 Å². The number of carbonyl (C=O) groups excluding carboxylic acids is 2. The van der Waals surface area contributed by atoms with Crippen LogP contribution in [-0.2, 0) is 19.1 Å². The fraction of sp³-hybridized carbons (Fsp3) is 0.944. The van der Waals surface area contributed by atoms with Gasteiger partial charge in [0.2, 0.25) is 0 Å². The third kappa shape index (κ3) is 22.6. The average molecular weight is 567 g/mol. The summed E-state index contributed by atoms with van der Waals surface area (Å²) in [5.41, 5.74) is -0.726. The van der Waals surface area contributed by atoms with E-state index >= 15 is 0 Å². The summed E-state index contributed by atoms with van der Waals surface area (Å²) in [5, 5.41) is 0. The van der Waals surface area contributed by atoms with Crippen molar-refractivity contribution in [3.63, 3.8) is 0 Å². The molecule has 0 aromatic heterocycles. The molecule has 0 spiro atoms. The molecule has 0 atom stereocenters. The molecule has 0 heterocycles. The Labute approximate surface area is 250 Å². The molecule has 0 aliphatic carbocycles. The Morgan fingerprint density at radius 3 is 1.15 bits per heavy atom. The van der Waals surface area contributed by atoms with Crippen LogP contribution in [0.15, 0.2) is 0 Å². The molecule has 40 heavy (non-hydrogen) atoms. The zero-order valence-corrected chi connectivity index (χ0v) is 27.6. The highest BCUT2D eigenvalue weighted by molar-refractivity contribution is 5.83. The van der Waals surface area contributed by atoms with Gasteiger partial charge in [-0.3, -0.25) is 9.59 Å². The van der Waals surface area contributed by atoms with E-state index in [1.165, 1.54) is 103 Å². The van der Waals surface area contributed by atoms with Gasteiger partial charge in [0.1, 0.15) is 0 Å². The minimum Gasteiger partial charge on any atom is -0.466 e. The summed E-state index contributed by atoms with van der Waals surface area (Å²) in [7, 11) is 0. The van der Waals surface area contributed by atoms with Crippen molar-refractivity contribution >= 4 is 11.9 Å². The number of rotatable bonds is 31. The molecule has 0 aliphatic heterocycles. The molecule has 0 saturated carbocycles. The summed E-state index contributed by atoms with van der Waals surface area (Å²) in [6.45, 7) is 9.88. The van der Waals surface area contributed by atoms with E-state index in [4.69, 9.17) is 9.47 Å². The van der Waals surface area contributed by atoms with Crippen LogP contribution >= 0.6 is 0 Å². The highest BCUT2D eigenvalue weighted by Crippen LogP contribution is 2.38. The molecule has 0 saturated heterocycles. The first-order valence-electron chi connectivity index (χ1n) is 17.9. The maximum Gasteiger partial charge on any atom is 0.312 e. The second-order valence-corrected chi connectivity index (χ2v) is 12.4. The van der Waals surface area contributed by atoms with Crippen LogP contribution in [0.5, 0.6) is 0 Å². The van der Waals surface area contributed by atoms with E-state index in [1.54, 1.807) is 0 Å². The number of carbonyl (C=O) groups is 2. The van der Waals surface area contributed by atoms with Gasteiger partial charge in [0.15, 0.2) is 0 Å². The molecule has 238 valence electrons. The van der Waals surface area contributed by atoms with Crippen molar-refractivity contribution in [3.05, 3.63) is 0 Å².